The number of nitrogens with one attached hydrogen (secondary N) is 2. The van der Waals surface area contributed by atoms with E-state index < -0.39 is 0 Å². The van der Waals surface area contributed by atoms with Gasteiger partial charge in [-0.15, -0.1) is 24.0 Å². The average Bonchev–Trinajstić information content (AvgIpc) is 2.31. The highest BCUT2D eigenvalue weighted by molar-refractivity contribution is 14.0. The van der Waals surface area contributed by atoms with Crippen molar-refractivity contribution >= 4 is 29.9 Å². The maximum atomic E-state index is 4.13. The molecule has 17 heavy (non-hydrogen) atoms. The zero-order chi connectivity index (χ0) is 12.1. The maximum Gasteiger partial charge on any atom is 0.190 e. The molecule has 0 aromatic rings. The molecule has 0 saturated heterocycles. The van der Waals surface area contributed by atoms with Gasteiger partial charge in [0.2, 0.25) is 0 Å². The van der Waals surface area contributed by atoms with Crippen molar-refractivity contribution in [1.82, 2.24) is 10.6 Å². The van der Waals surface area contributed by atoms with E-state index in [0.717, 1.165) is 19.0 Å². The number of guanidine groups is 1. The Morgan fingerprint density at radius 2 is 1.47 bits per heavy atom. The Morgan fingerprint density at radius 1 is 0.882 bits per heavy atom. The summed E-state index contributed by atoms with van der Waals surface area (Å²) in [5, 5.41) is 6.50. The van der Waals surface area contributed by atoms with Crippen LogP contribution in [0.4, 0.5) is 0 Å². The average molecular weight is 355 g/mol. The quantitative estimate of drug-likeness (QED) is 0.287. The molecule has 0 saturated carbocycles. The summed E-state index contributed by atoms with van der Waals surface area (Å²) >= 11 is 0. The molecular weight excluding hydrogens is 325 g/mol. The molecule has 0 radical (unpaired) electrons. The Morgan fingerprint density at radius 3 is 2.00 bits per heavy atom. The van der Waals surface area contributed by atoms with Gasteiger partial charge in [0.05, 0.1) is 0 Å². The summed E-state index contributed by atoms with van der Waals surface area (Å²) in [5.74, 6) is 0.925. The molecule has 0 rings (SSSR count). The summed E-state index contributed by atoms with van der Waals surface area (Å²) in [5.41, 5.74) is 0. The van der Waals surface area contributed by atoms with Crippen molar-refractivity contribution in [2.24, 2.45) is 4.99 Å². The van der Waals surface area contributed by atoms with E-state index in [1.807, 2.05) is 7.05 Å². The van der Waals surface area contributed by atoms with Gasteiger partial charge in [-0.3, -0.25) is 4.99 Å². The van der Waals surface area contributed by atoms with E-state index in [0.29, 0.717) is 0 Å². The fraction of sp³-hybridized carbons (Fsp3) is 0.923. The van der Waals surface area contributed by atoms with E-state index in [-0.39, 0.29) is 24.0 Å². The van der Waals surface area contributed by atoms with Crippen LogP contribution >= 0.6 is 24.0 Å². The minimum Gasteiger partial charge on any atom is -0.357 e. The Kier molecular flexibility index (Phi) is 18.2. The van der Waals surface area contributed by atoms with Gasteiger partial charge in [-0.2, -0.15) is 0 Å². The highest BCUT2D eigenvalue weighted by atomic mass is 127. The summed E-state index contributed by atoms with van der Waals surface area (Å²) in [6.07, 6.45) is 9.49. The van der Waals surface area contributed by atoms with Crippen molar-refractivity contribution in [2.45, 2.75) is 58.8 Å². The highest BCUT2D eigenvalue weighted by Crippen LogP contribution is 2.06. The number of nitrogens with zero attached hydrogens (tertiary/aromatic N) is 1. The van der Waals surface area contributed by atoms with Gasteiger partial charge in [0.15, 0.2) is 5.96 Å². The lowest BCUT2D eigenvalue weighted by molar-refractivity contribution is 0.584. The van der Waals surface area contributed by atoms with Crippen LogP contribution in [0.2, 0.25) is 0 Å². The summed E-state index contributed by atoms with van der Waals surface area (Å²) < 4.78 is 0. The van der Waals surface area contributed by atoms with E-state index in [1.165, 1.54) is 44.9 Å². The second-order valence-electron chi connectivity index (χ2n) is 4.15. The molecule has 0 bridgehead atoms. The SMILES string of the molecule is CCCCCCCCCNC(=NC)NCC.I. The molecule has 0 aliphatic carbocycles. The first-order valence-electron chi connectivity index (χ1n) is 6.79. The predicted octanol–water partition coefficient (Wildman–Crippen LogP) is 3.54. The standard InChI is InChI=1S/C13H29N3.HI/c1-4-6-7-8-9-10-11-12-16-13(14-3)15-5-2;/h4-12H2,1-3H3,(H2,14,15,16);1H. The Hall–Kier alpha value is 0. The monoisotopic (exact) mass is 355 g/mol. The van der Waals surface area contributed by atoms with E-state index >= 15 is 0 Å². The molecule has 0 aromatic heterocycles. The van der Waals surface area contributed by atoms with Crippen LogP contribution in [0.15, 0.2) is 4.99 Å². The Bertz CT molecular complexity index is 172. The second-order valence-corrected chi connectivity index (χ2v) is 4.15. The van der Waals surface area contributed by atoms with Crippen LogP contribution in [-0.2, 0) is 0 Å². The van der Waals surface area contributed by atoms with Crippen molar-refractivity contribution in [1.29, 1.82) is 0 Å². The van der Waals surface area contributed by atoms with Gasteiger partial charge in [-0.25, -0.2) is 0 Å². The summed E-state index contributed by atoms with van der Waals surface area (Å²) in [6.45, 7) is 6.31. The van der Waals surface area contributed by atoms with Crippen molar-refractivity contribution in [2.75, 3.05) is 20.1 Å². The van der Waals surface area contributed by atoms with Crippen molar-refractivity contribution in [3.05, 3.63) is 0 Å². The minimum atomic E-state index is 0. The van der Waals surface area contributed by atoms with Gasteiger partial charge in [0, 0.05) is 20.1 Å². The zero-order valence-corrected chi connectivity index (χ0v) is 14.0. The normalized spacial score (nSPS) is 10.9. The molecule has 0 aliphatic heterocycles. The van der Waals surface area contributed by atoms with Crippen molar-refractivity contribution in [3.63, 3.8) is 0 Å². The Balaban J connectivity index is 0. The fourth-order valence-corrected chi connectivity index (χ4v) is 1.68. The first kappa shape index (κ1) is 19.3. The number of hydrogen-bond donors (Lipinski definition) is 2. The van der Waals surface area contributed by atoms with Crippen LogP contribution < -0.4 is 10.6 Å². The topological polar surface area (TPSA) is 36.4 Å². The van der Waals surface area contributed by atoms with Gasteiger partial charge in [0.25, 0.3) is 0 Å². The number of hydrogen-bond acceptors (Lipinski definition) is 1. The van der Waals surface area contributed by atoms with Gasteiger partial charge in [0.1, 0.15) is 0 Å². The van der Waals surface area contributed by atoms with Gasteiger partial charge in [-0.1, -0.05) is 45.4 Å². The lowest BCUT2D eigenvalue weighted by Gasteiger charge is -2.09. The van der Waals surface area contributed by atoms with Crippen LogP contribution in [0.1, 0.15) is 58.8 Å². The molecule has 0 spiro atoms. The number of rotatable bonds is 9. The third kappa shape index (κ3) is 13.9. The molecule has 0 aromatic carbocycles. The number of unbranched alkanes of at least 4 members (excludes halogenated alkanes) is 6. The van der Waals surface area contributed by atoms with Crippen molar-refractivity contribution < 1.29 is 0 Å². The lowest BCUT2D eigenvalue weighted by atomic mass is 10.1. The van der Waals surface area contributed by atoms with Gasteiger partial charge >= 0.3 is 0 Å². The third-order valence-corrected chi connectivity index (χ3v) is 2.64. The minimum absolute atomic E-state index is 0. The van der Waals surface area contributed by atoms with Crippen LogP contribution in [-0.4, -0.2) is 26.1 Å². The van der Waals surface area contributed by atoms with E-state index in [1.54, 1.807) is 0 Å². The molecule has 3 nitrogen and oxygen atoms in total. The fourth-order valence-electron chi connectivity index (χ4n) is 1.68. The van der Waals surface area contributed by atoms with E-state index in [4.69, 9.17) is 0 Å². The second kappa shape index (κ2) is 16.0. The summed E-state index contributed by atoms with van der Waals surface area (Å²) in [4.78, 5) is 4.13. The summed E-state index contributed by atoms with van der Waals surface area (Å²) in [7, 11) is 1.82. The number of halogens is 1. The van der Waals surface area contributed by atoms with Crippen molar-refractivity contribution in [3.8, 4) is 0 Å². The van der Waals surface area contributed by atoms with Crippen LogP contribution in [0.3, 0.4) is 0 Å². The third-order valence-electron chi connectivity index (χ3n) is 2.64. The van der Waals surface area contributed by atoms with Crippen LogP contribution in [0, 0.1) is 0 Å². The summed E-state index contributed by atoms with van der Waals surface area (Å²) in [6, 6.07) is 0. The van der Waals surface area contributed by atoms with Gasteiger partial charge in [-0.05, 0) is 13.3 Å². The Labute approximate surface area is 124 Å². The van der Waals surface area contributed by atoms with Gasteiger partial charge < -0.3 is 10.6 Å². The lowest BCUT2D eigenvalue weighted by Crippen LogP contribution is -2.37. The molecule has 104 valence electrons. The molecule has 0 fully saturated rings. The first-order valence-corrected chi connectivity index (χ1v) is 6.79. The maximum absolute atomic E-state index is 4.13. The molecule has 2 N–H and O–H groups in total. The van der Waals surface area contributed by atoms with Crippen LogP contribution in [0.5, 0.6) is 0 Å². The van der Waals surface area contributed by atoms with E-state index in [9.17, 15) is 0 Å². The predicted molar refractivity (Wildman–Crippen MR) is 88.4 cm³/mol. The van der Waals surface area contributed by atoms with Crippen LogP contribution in [0.25, 0.3) is 0 Å². The largest absolute Gasteiger partial charge is 0.357 e. The first-order chi connectivity index (χ1) is 7.85. The molecule has 0 atom stereocenters. The molecule has 0 unspecified atom stereocenters. The molecular formula is C13H30IN3. The molecule has 0 aliphatic rings. The molecule has 0 heterocycles. The smallest absolute Gasteiger partial charge is 0.190 e. The molecule has 4 heteroatoms. The zero-order valence-electron chi connectivity index (χ0n) is 11.7. The highest BCUT2D eigenvalue weighted by Gasteiger charge is 1.94. The number of aliphatic imine (C=N–C) groups is 1. The molecule has 0 amide bonds. The van der Waals surface area contributed by atoms with E-state index in [2.05, 4.69) is 29.5 Å².